The summed E-state index contributed by atoms with van der Waals surface area (Å²) in [4.78, 5) is 10.8. The van der Waals surface area contributed by atoms with Gasteiger partial charge in [-0.2, -0.15) is 0 Å². The summed E-state index contributed by atoms with van der Waals surface area (Å²) < 4.78 is 4.82. The molecule has 1 atom stereocenters. The number of hydrogen-bond donors (Lipinski definition) is 0. The highest BCUT2D eigenvalue weighted by Crippen LogP contribution is 2.08. The highest BCUT2D eigenvalue weighted by Gasteiger charge is 2.08. The van der Waals surface area contributed by atoms with Crippen molar-refractivity contribution in [2.45, 2.75) is 11.8 Å². The average Bonchev–Trinajstić information content (AvgIpc) is 2.27. The standard InChI is InChI=1S/C11H12Cl2O2/c12-7-11(14)15-8-10(13)6-9-4-2-1-3-5-9/h1-5,10H,6-8H2. The van der Waals surface area contributed by atoms with Gasteiger partial charge in [-0.05, 0) is 12.0 Å². The van der Waals surface area contributed by atoms with Crippen molar-refractivity contribution >= 4 is 29.2 Å². The third-order valence-corrected chi connectivity index (χ3v) is 2.33. The lowest BCUT2D eigenvalue weighted by Gasteiger charge is -2.09. The Morgan fingerprint density at radius 3 is 2.60 bits per heavy atom. The minimum atomic E-state index is -0.435. The Hall–Kier alpha value is -0.730. The van der Waals surface area contributed by atoms with Crippen LogP contribution in [0.1, 0.15) is 5.56 Å². The zero-order valence-electron chi connectivity index (χ0n) is 8.16. The number of benzene rings is 1. The first-order valence-corrected chi connectivity index (χ1v) is 5.59. The molecule has 0 N–H and O–H groups in total. The zero-order valence-corrected chi connectivity index (χ0v) is 9.67. The van der Waals surface area contributed by atoms with E-state index >= 15 is 0 Å². The highest BCUT2D eigenvalue weighted by atomic mass is 35.5. The van der Waals surface area contributed by atoms with Crippen molar-refractivity contribution in [3.05, 3.63) is 35.9 Å². The fourth-order valence-electron chi connectivity index (χ4n) is 1.15. The Labute approximate surface area is 99.1 Å². The molecule has 1 unspecified atom stereocenters. The van der Waals surface area contributed by atoms with Gasteiger partial charge in [0.1, 0.15) is 12.5 Å². The molecule has 1 aromatic carbocycles. The molecule has 1 rings (SSSR count). The van der Waals surface area contributed by atoms with Gasteiger partial charge in [0.05, 0.1) is 5.38 Å². The molecule has 82 valence electrons. The van der Waals surface area contributed by atoms with Crippen LogP contribution in [-0.4, -0.2) is 23.8 Å². The molecule has 0 saturated heterocycles. The second-order valence-corrected chi connectivity index (χ2v) is 3.99. The van der Waals surface area contributed by atoms with E-state index in [2.05, 4.69) is 0 Å². The summed E-state index contributed by atoms with van der Waals surface area (Å²) in [5.41, 5.74) is 1.12. The molecule has 0 heterocycles. The second kappa shape index (κ2) is 6.70. The summed E-state index contributed by atoms with van der Waals surface area (Å²) in [5, 5.41) is -0.209. The lowest BCUT2D eigenvalue weighted by atomic mass is 10.1. The summed E-state index contributed by atoms with van der Waals surface area (Å²) in [7, 11) is 0. The first-order chi connectivity index (χ1) is 7.22. The van der Waals surface area contributed by atoms with Crippen molar-refractivity contribution in [3.63, 3.8) is 0 Å². The van der Waals surface area contributed by atoms with Crippen LogP contribution in [0, 0.1) is 0 Å². The molecule has 0 saturated carbocycles. The van der Waals surface area contributed by atoms with Crippen LogP contribution in [0.25, 0.3) is 0 Å². The second-order valence-electron chi connectivity index (χ2n) is 3.10. The van der Waals surface area contributed by atoms with E-state index in [1.54, 1.807) is 0 Å². The van der Waals surface area contributed by atoms with Gasteiger partial charge in [-0.15, -0.1) is 23.2 Å². The van der Waals surface area contributed by atoms with Gasteiger partial charge in [0.15, 0.2) is 0 Å². The number of esters is 1. The Morgan fingerprint density at radius 2 is 2.00 bits per heavy atom. The van der Waals surface area contributed by atoms with Crippen molar-refractivity contribution in [3.8, 4) is 0 Å². The Kier molecular flexibility index (Phi) is 5.51. The van der Waals surface area contributed by atoms with Crippen molar-refractivity contribution < 1.29 is 9.53 Å². The Morgan fingerprint density at radius 1 is 1.33 bits per heavy atom. The number of halogens is 2. The molecular formula is C11H12Cl2O2. The lowest BCUT2D eigenvalue weighted by molar-refractivity contribution is -0.140. The summed E-state index contributed by atoms with van der Waals surface area (Å²) in [6, 6.07) is 9.81. The van der Waals surface area contributed by atoms with Crippen LogP contribution in [0.5, 0.6) is 0 Å². The summed E-state index contributed by atoms with van der Waals surface area (Å²) in [6.45, 7) is 0.196. The summed E-state index contributed by atoms with van der Waals surface area (Å²) in [6.07, 6.45) is 0.679. The molecule has 0 aliphatic rings. The zero-order chi connectivity index (χ0) is 11.1. The SMILES string of the molecule is O=C(CCl)OCC(Cl)Cc1ccccc1. The molecule has 0 radical (unpaired) electrons. The number of alkyl halides is 2. The van der Waals surface area contributed by atoms with Gasteiger partial charge in [-0.25, -0.2) is 0 Å². The van der Waals surface area contributed by atoms with Crippen LogP contribution >= 0.6 is 23.2 Å². The molecule has 0 amide bonds. The maximum atomic E-state index is 10.8. The van der Waals surface area contributed by atoms with Crippen LogP contribution in [0.15, 0.2) is 30.3 Å². The first kappa shape index (κ1) is 12.3. The molecule has 0 spiro atoms. The van der Waals surface area contributed by atoms with Gasteiger partial charge >= 0.3 is 5.97 Å². The summed E-state index contributed by atoms with van der Waals surface area (Å²) in [5.74, 6) is -0.565. The van der Waals surface area contributed by atoms with E-state index < -0.39 is 5.97 Å². The number of hydrogen-bond acceptors (Lipinski definition) is 2. The van der Waals surface area contributed by atoms with Crippen LogP contribution in [-0.2, 0) is 16.0 Å². The highest BCUT2D eigenvalue weighted by molar-refractivity contribution is 6.26. The van der Waals surface area contributed by atoms with Crippen LogP contribution < -0.4 is 0 Å². The van der Waals surface area contributed by atoms with Gasteiger partial charge in [0.2, 0.25) is 0 Å². The molecule has 0 bridgehead atoms. The first-order valence-electron chi connectivity index (χ1n) is 4.62. The van der Waals surface area contributed by atoms with E-state index in [-0.39, 0.29) is 17.9 Å². The minimum Gasteiger partial charge on any atom is -0.463 e. The predicted octanol–water partition coefficient (Wildman–Crippen LogP) is 2.62. The fourth-order valence-corrected chi connectivity index (χ4v) is 1.47. The molecular weight excluding hydrogens is 235 g/mol. The molecule has 0 aliphatic carbocycles. The van der Waals surface area contributed by atoms with Gasteiger partial charge in [-0.3, -0.25) is 4.79 Å². The van der Waals surface area contributed by atoms with E-state index in [1.807, 2.05) is 30.3 Å². The molecule has 4 heteroatoms. The van der Waals surface area contributed by atoms with Crippen LogP contribution in [0.4, 0.5) is 0 Å². The Bertz CT molecular complexity index is 301. The number of carbonyl (C=O) groups is 1. The topological polar surface area (TPSA) is 26.3 Å². The van der Waals surface area contributed by atoms with E-state index in [0.29, 0.717) is 6.42 Å². The lowest BCUT2D eigenvalue weighted by Crippen LogP contribution is -2.16. The minimum absolute atomic E-state index is 0.130. The third kappa shape index (κ3) is 5.05. The maximum Gasteiger partial charge on any atom is 0.320 e. The van der Waals surface area contributed by atoms with Gasteiger partial charge in [0.25, 0.3) is 0 Å². The van der Waals surface area contributed by atoms with Crippen LogP contribution in [0.2, 0.25) is 0 Å². The largest absolute Gasteiger partial charge is 0.463 e. The van der Waals surface area contributed by atoms with Crippen LogP contribution in [0.3, 0.4) is 0 Å². The van der Waals surface area contributed by atoms with Crippen molar-refractivity contribution in [2.75, 3.05) is 12.5 Å². The summed E-state index contributed by atoms with van der Waals surface area (Å²) >= 11 is 11.3. The Balaban J connectivity index is 2.30. The van der Waals surface area contributed by atoms with E-state index in [9.17, 15) is 4.79 Å². The van der Waals surface area contributed by atoms with Crippen molar-refractivity contribution in [2.24, 2.45) is 0 Å². The predicted molar refractivity (Wildman–Crippen MR) is 61.5 cm³/mol. The van der Waals surface area contributed by atoms with E-state index in [4.69, 9.17) is 27.9 Å². The number of rotatable bonds is 5. The van der Waals surface area contributed by atoms with Gasteiger partial charge in [0, 0.05) is 0 Å². The third-order valence-electron chi connectivity index (χ3n) is 1.83. The van der Waals surface area contributed by atoms with E-state index in [1.165, 1.54) is 0 Å². The molecule has 2 nitrogen and oxygen atoms in total. The monoisotopic (exact) mass is 246 g/mol. The smallest absolute Gasteiger partial charge is 0.320 e. The molecule has 1 aromatic rings. The number of carbonyl (C=O) groups excluding carboxylic acids is 1. The molecule has 0 aliphatic heterocycles. The van der Waals surface area contributed by atoms with Crippen molar-refractivity contribution in [1.29, 1.82) is 0 Å². The average molecular weight is 247 g/mol. The van der Waals surface area contributed by atoms with E-state index in [0.717, 1.165) is 5.56 Å². The normalized spacial score (nSPS) is 12.1. The molecule has 0 fully saturated rings. The quantitative estimate of drug-likeness (QED) is 0.590. The fraction of sp³-hybridized carbons (Fsp3) is 0.364. The van der Waals surface area contributed by atoms with Gasteiger partial charge in [-0.1, -0.05) is 30.3 Å². The van der Waals surface area contributed by atoms with Crippen molar-refractivity contribution in [1.82, 2.24) is 0 Å². The molecule has 0 aromatic heterocycles. The van der Waals surface area contributed by atoms with Gasteiger partial charge < -0.3 is 4.74 Å². The maximum absolute atomic E-state index is 10.8. The molecule has 15 heavy (non-hydrogen) atoms. The number of ether oxygens (including phenoxy) is 1.